The molecule has 0 saturated heterocycles. The summed E-state index contributed by atoms with van der Waals surface area (Å²) in [6.45, 7) is 0.577. The Labute approximate surface area is 81.9 Å². The molecule has 84 valence electrons. The van der Waals surface area contributed by atoms with Gasteiger partial charge in [-0.1, -0.05) is 0 Å². The summed E-state index contributed by atoms with van der Waals surface area (Å²) in [6.07, 6.45) is -2.57. The summed E-state index contributed by atoms with van der Waals surface area (Å²) in [4.78, 5) is 12.4. The molecule has 0 aliphatic rings. The predicted octanol–water partition coefficient (Wildman–Crippen LogP) is -0.320. The lowest BCUT2D eigenvalue weighted by atomic mass is 10.3. The molecule has 0 aliphatic heterocycles. The summed E-state index contributed by atoms with van der Waals surface area (Å²) in [5.74, 6) is -0.429. The van der Waals surface area contributed by atoms with E-state index in [4.69, 9.17) is 5.11 Å². The fraction of sp³-hybridized carbons (Fsp3) is 0.875. The largest absolute Gasteiger partial charge is 0.395 e. The number of carbonyl (C=O) groups is 1. The van der Waals surface area contributed by atoms with Crippen molar-refractivity contribution < 1.29 is 18.7 Å². The van der Waals surface area contributed by atoms with Crippen molar-refractivity contribution in [2.45, 2.75) is 19.4 Å². The number of rotatable bonds is 6. The smallest absolute Gasteiger partial charge is 0.255 e. The van der Waals surface area contributed by atoms with Gasteiger partial charge in [-0.25, -0.2) is 8.78 Å². The van der Waals surface area contributed by atoms with Crippen LogP contribution in [0.15, 0.2) is 0 Å². The number of likely N-dealkylation sites (N-methyl/N-ethyl adjacent to an activating group) is 1. The van der Waals surface area contributed by atoms with Gasteiger partial charge in [0.1, 0.15) is 0 Å². The standard InChI is InChI=1S/C8H16F2N2O2/c1-6(11-2)8(14)12(3-4-13)5-7(9)10/h6-7,11,13H,3-5H2,1-2H3. The molecule has 0 aromatic carbocycles. The van der Waals surface area contributed by atoms with Crippen LogP contribution in [0.1, 0.15) is 6.92 Å². The predicted molar refractivity (Wildman–Crippen MR) is 48.2 cm³/mol. The number of hydrogen-bond donors (Lipinski definition) is 2. The van der Waals surface area contributed by atoms with Gasteiger partial charge in [0.2, 0.25) is 5.91 Å². The average molecular weight is 210 g/mol. The van der Waals surface area contributed by atoms with Crippen molar-refractivity contribution in [2.24, 2.45) is 0 Å². The highest BCUT2D eigenvalue weighted by molar-refractivity contribution is 5.81. The van der Waals surface area contributed by atoms with E-state index in [2.05, 4.69) is 5.32 Å². The molecule has 0 radical (unpaired) electrons. The van der Waals surface area contributed by atoms with E-state index in [-0.39, 0.29) is 13.2 Å². The zero-order valence-corrected chi connectivity index (χ0v) is 8.33. The summed E-state index contributed by atoms with van der Waals surface area (Å²) >= 11 is 0. The highest BCUT2D eigenvalue weighted by Gasteiger charge is 2.21. The van der Waals surface area contributed by atoms with E-state index >= 15 is 0 Å². The second-order valence-corrected chi connectivity index (χ2v) is 2.91. The van der Waals surface area contributed by atoms with Crippen LogP contribution in [0.5, 0.6) is 0 Å². The van der Waals surface area contributed by atoms with Gasteiger partial charge < -0.3 is 15.3 Å². The number of amides is 1. The summed E-state index contributed by atoms with van der Waals surface area (Å²) in [5.41, 5.74) is 0. The van der Waals surface area contributed by atoms with Crippen LogP contribution in [0.3, 0.4) is 0 Å². The summed E-state index contributed by atoms with van der Waals surface area (Å²) in [7, 11) is 1.57. The third kappa shape index (κ3) is 4.48. The van der Waals surface area contributed by atoms with Crippen LogP contribution in [0.2, 0.25) is 0 Å². The molecule has 0 aliphatic carbocycles. The molecule has 2 N–H and O–H groups in total. The van der Waals surface area contributed by atoms with Crippen molar-refractivity contribution in [3.05, 3.63) is 0 Å². The van der Waals surface area contributed by atoms with Gasteiger partial charge in [-0.15, -0.1) is 0 Å². The quantitative estimate of drug-likeness (QED) is 0.631. The summed E-state index contributed by atoms with van der Waals surface area (Å²) < 4.78 is 24.1. The highest BCUT2D eigenvalue weighted by atomic mass is 19.3. The number of carbonyl (C=O) groups excluding carboxylic acids is 1. The van der Waals surface area contributed by atoms with Gasteiger partial charge in [-0.05, 0) is 14.0 Å². The van der Waals surface area contributed by atoms with Crippen LogP contribution in [-0.2, 0) is 4.79 Å². The normalized spacial score (nSPS) is 13.0. The van der Waals surface area contributed by atoms with Crippen molar-refractivity contribution in [2.75, 3.05) is 26.7 Å². The van der Waals surface area contributed by atoms with Crippen molar-refractivity contribution in [1.29, 1.82) is 0 Å². The maximum atomic E-state index is 12.0. The molecule has 1 unspecified atom stereocenters. The fourth-order valence-electron chi connectivity index (χ4n) is 0.976. The molecule has 0 aromatic rings. The zero-order chi connectivity index (χ0) is 11.1. The second kappa shape index (κ2) is 6.67. The van der Waals surface area contributed by atoms with E-state index in [0.717, 1.165) is 4.90 Å². The van der Waals surface area contributed by atoms with Gasteiger partial charge in [-0.3, -0.25) is 4.79 Å². The van der Waals surface area contributed by atoms with Crippen molar-refractivity contribution in [3.8, 4) is 0 Å². The average Bonchev–Trinajstić information content (AvgIpc) is 2.14. The first kappa shape index (κ1) is 13.2. The summed E-state index contributed by atoms with van der Waals surface area (Å²) in [6, 6.07) is -0.514. The Morgan fingerprint density at radius 2 is 2.14 bits per heavy atom. The van der Waals surface area contributed by atoms with Crippen molar-refractivity contribution in [3.63, 3.8) is 0 Å². The molecule has 0 spiro atoms. The minimum absolute atomic E-state index is 0.0603. The first-order valence-electron chi connectivity index (χ1n) is 4.38. The lowest BCUT2D eigenvalue weighted by Gasteiger charge is -2.24. The number of hydrogen-bond acceptors (Lipinski definition) is 3. The van der Waals surface area contributed by atoms with Crippen LogP contribution in [0, 0.1) is 0 Å². The van der Waals surface area contributed by atoms with Crippen LogP contribution in [0.4, 0.5) is 8.78 Å². The minimum atomic E-state index is -2.57. The van der Waals surface area contributed by atoms with Gasteiger partial charge in [0.05, 0.1) is 19.2 Å². The van der Waals surface area contributed by atoms with Gasteiger partial charge in [0.25, 0.3) is 6.43 Å². The van der Waals surface area contributed by atoms with E-state index in [1.54, 1.807) is 14.0 Å². The summed E-state index contributed by atoms with van der Waals surface area (Å²) in [5, 5.41) is 11.3. The lowest BCUT2D eigenvalue weighted by molar-refractivity contribution is -0.135. The molecule has 0 bridgehead atoms. The Morgan fingerprint density at radius 3 is 2.50 bits per heavy atom. The molecule has 4 nitrogen and oxygen atoms in total. The first-order chi connectivity index (χ1) is 6.52. The first-order valence-corrected chi connectivity index (χ1v) is 4.38. The Kier molecular flexibility index (Phi) is 6.31. The van der Waals surface area contributed by atoms with Crippen LogP contribution < -0.4 is 5.32 Å². The van der Waals surface area contributed by atoms with E-state index < -0.39 is 24.9 Å². The van der Waals surface area contributed by atoms with Gasteiger partial charge >= 0.3 is 0 Å². The third-order valence-corrected chi connectivity index (χ3v) is 1.84. The Bertz CT molecular complexity index is 179. The number of nitrogens with zero attached hydrogens (tertiary/aromatic N) is 1. The van der Waals surface area contributed by atoms with E-state index in [9.17, 15) is 13.6 Å². The Morgan fingerprint density at radius 1 is 1.57 bits per heavy atom. The minimum Gasteiger partial charge on any atom is -0.395 e. The molecule has 6 heteroatoms. The van der Waals surface area contributed by atoms with Crippen LogP contribution in [0.25, 0.3) is 0 Å². The number of aliphatic hydroxyl groups excluding tert-OH is 1. The maximum absolute atomic E-state index is 12.0. The molecule has 0 aromatic heterocycles. The van der Waals surface area contributed by atoms with E-state index in [1.165, 1.54) is 0 Å². The van der Waals surface area contributed by atoms with Gasteiger partial charge in [-0.2, -0.15) is 0 Å². The highest BCUT2D eigenvalue weighted by Crippen LogP contribution is 2.00. The molecular weight excluding hydrogens is 194 g/mol. The van der Waals surface area contributed by atoms with Crippen molar-refractivity contribution >= 4 is 5.91 Å². The van der Waals surface area contributed by atoms with Crippen molar-refractivity contribution in [1.82, 2.24) is 10.2 Å². The monoisotopic (exact) mass is 210 g/mol. The fourth-order valence-corrected chi connectivity index (χ4v) is 0.976. The zero-order valence-electron chi connectivity index (χ0n) is 8.33. The van der Waals surface area contributed by atoms with E-state index in [0.29, 0.717) is 0 Å². The van der Waals surface area contributed by atoms with Gasteiger partial charge in [0, 0.05) is 6.54 Å². The Balaban J connectivity index is 4.24. The lowest BCUT2D eigenvalue weighted by Crippen LogP contribution is -2.46. The number of alkyl halides is 2. The maximum Gasteiger partial charge on any atom is 0.255 e. The molecule has 0 saturated carbocycles. The molecular formula is C8H16F2N2O2. The molecule has 14 heavy (non-hydrogen) atoms. The number of aliphatic hydroxyl groups is 1. The topological polar surface area (TPSA) is 52.6 Å². The molecule has 0 heterocycles. The third-order valence-electron chi connectivity index (χ3n) is 1.84. The van der Waals surface area contributed by atoms with Crippen LogP contribution >= 0.6 is 0 Å². The van der Waals surface area contributed by atoms with E-state index in [1.807, 2.05) is 0 Å². The molecule has 0 fully saturated rings. The Hall–Kier alpha value is -0.750. The SMILES string of the molecule is CNC(C)C(=O)N(CCO)CC(F)F. The molecule has 0 rings (SSSR count). The molecule has 1 atom stereocenters. The molecule has 1 amide bonds. The number of halogens is 2. The van der Waals surface area contributed by atoms with Crippen LogP contribution in [-0.4, -0.2) is 55.1 Å². The van der Waals surface area contributed by atoms with Gasteiger partial charge in [0.15, 0.2) is 0 Å². The second-order valence-electron chi connectivity index (χ2n) is 2.91. The number of nitrogens with one attached hydrogen (secondary N) is 1.